The number of hydrogen-bond acceptors (Lipinski definition) is 4. The van der Waals surface area contributed by atoms with Gasteiger partial charge in [-0.05, 0) is 17.5 Å². The van der Waals surface area contributed by atoms with E-state index in [1.807, 2.05) is 12.1 Å². The lowest BCUT2D eigenvalue weighted by molar-refractivity contribution is 0.123. The van der Waals surface area contributed by atoms with Gasteiger partial charge >= 0.3 is 0 Å². The summed E-state index contributed by atoms with van der Waals surface area (Å²) in [5.41, 5.74) is 7.62. The van der Waals surface area contributed by atoms with Crippen LogP contribution >= 0.6 is 11.3 Å². The Labute approximate surface area is 105 Å². The Hall–Kier alpha value is -1.23. The maximum Gasteiger partial charge on any atom is 0.0735 e. The largest absolute Gasteiger partial charge is 0.376 e. The summed E-state index contributed by atoms with van der Waals surface area (Å²) in [6.45, 7) is 1.79. The van der Waals surface area contributed by atoms with E-state index in [-0.39, 0.29) is 0 Å². The molecule has 0 atom stereocenters. The van der Waals surface area contributed by atoms with Crippen LogP contribution in [-0.2, 0) is 24.3 Å². The van der Waals surface area contributed by atoms with E-state index >= 15 is 0 Å². The maximum atomic E-state index is 5.65. The van der Waals surface area contributed by atoms with E-state index in [4.69, 9.17) is 10.5 Å². The van der Waals surface area contributed by atoms with Gasteiger partial charge < -0.3 is 10.5 Å². The van der Waals surface area contributed by atoms with Crippen molar-refractivity contribution in [1.82, 2.24) is 4.98 Å². The first-order valence-electron chi connectivity index (χ1n) is 5.63. The van der Waals surface area contributed by atoms with Crippen molar-refractivity contribution >= 4 is 11.3 Å². The molecule has 3 nitrogen and oxygen atoms in total. The number of rotatable bonds is 6. The second-order valence-corrected chi connectivity index (χ2v) is 4.73. The van der Waals surface area contributed by atoms with Crippen LogP contribution in [0.5, 0.6) is 0 Å². The molecule has 0 amide bonds. The molecule has 0 aliphatic carbocycles. The fourth-order valence-corrected chi connectivity index (χ4v) is 2.29. The fourth-order valence-electron chi connectivity index (χ4n) is 1.60. The molecule has 90 valence electrons. The molecule has 0 aromatic carbocycles. The minimum Gasteiger partial charge on any atom is -0.376 e. The van der Waals surface area contributed by atoms with E-state index in [0.29, 0.717) is 13.2 Å². The lowest BCUT2D eigenvalue weighted by atomic mass is 10.2. The van der Waals surface area contributed by atoms with Gasteiger partial charge in [-0.2, -0.15) is 0 Å². The third kappa shape index (κ3) is 3.63. The second-order valence-electron chi connectivity index (χ2n) is 3.70. The van der Waals surface area contributed by atoms with E-state index in [0.717, 1.165) is 24.3 Å². The third-order valence-electron chi connectivity index (χ3n) is 2.51. The number of nitrogens with zero attached hydrogens (tertiary/aromatic N) is 1. The van der Waals surface area contributed by atoms with Crippen LogP contribution in [0.25, 0.3) is 0 Å². The molecule has 2 aromatic rings. The van der Waals surface area contributed by atoms with E-state index in [2.05, 4.69) is 22.5 Å². The summed E-state index contributed by atoms with van der Waals surface area (Å²) in [5.74, 6) is 0. The predicted molar refractivity (Wildman–Crippen MR) is 69.8 cm³/mol. The van der Waals surface area contributed by atoms with Gasteiger partial charge in [-0.25, -0.2) is 0 Å². The van der Waals surface area contributed by atoms with Crippen molar-refractivity contribution < 1.29 is 4.74 Å². The van der Waals surface area contributed by atoms with Crippen molar-refractivity contribution in [3.8, 4) is 0 Å². The molecule has 0 saturated carbocycles. The van der Waals surface area contributed by atoms with E-state index in [9.17, 15) is 0 Å². The number of hydrogen-bond donors (Lipinski definition) is 1. The molecule has 2 rings (SSSR count). The van der Waals surface area contributed by atoms with Crippen LogP contribution in [0, 0.1) is 0 Å². The first-order valence-corrected chi connectivity index (χ1v) is 6.51. The number of nitrogens with two attached hydrogens (primary N) is 1. The van der Waals surface area contributed by atoms with Crippen LogP contribution in [0.15, 0.2) is 35.8 Å². The fraction of sp³-hybridized carbons (Fsp3) is 0.308. The van der Waals surface area contributed by atoms with Gasteiger partial charge in [-0.1, -0.05) is 12.1 Å². The molecule has 0 radical (unpaired) electrons. The lowest BCUT2D eigenvalue weighted by Crippen LogP contribution is -2.06. The van der Waals surface area contributed by atoms with Crippen molar-refractivity contribution in [3.05, 3.63) is 52.0 Å². The van der Waals surface area contributed by atoms with Gasteiger partial charge in [0.05, 0.1) is 18.9 Å². The summed E-state index contributed by atoms with van der Waals surface area (Å²) in [6, 6.07) is 8.12. The average molecular weight is 248 g/mol. The number of thiophene rings is 1. The summed E-state index contributed by atoms with van der Waals surface area (Å²) in [7, 11) is 0. The van der Waals surface area contributed by atoms with Crippen LogP contribution in [0.2, 0.25) is 0 Å². The van der Waals surface area contributed by atoms with Crippen LogP contribution in [0.1, 0.15) is 16.1 Å². The van der Waals surface area contributed by atoms with E-state index in [1.54, 1.807) is 17.5 Å². The van der Waals surface area contributed by atoms with Gasteiger partial charge in [0.15, 0.2) is 0 Å². The minimum atomic E-state index is 0.463. The van der Waals surface area contributed by atoms with Crippen molar-refractivity contribution in [3.63, 3.8) is 0 Å². The highest BCUT2D eigenvalue weighted by Gasteiger charge is 2.01. The van der Waals surface area contributed by atoms with E-state index in [1.165, 1.54) is 4.88 Å². The Kier molecular flexibility index (Phi) is 4.67. The summed E-state index contributed by atoms with van der Waals surface area (Å²) in [4.78, 5) is 5.58. The standard InChI is InChI=1S/C13H16N2OS/c14-9-13-11(3-1-6-15-13)10-16-7-5-12-4-2-8-17-12/h1-4,6,8H,5,7,9-10,14H2. The highest BCUT2D eigenvalue weighted by molar-refractivity contribution is 7.09. The molecule has 2 N–H and O–H groups in total. The van der Waals surface area contributed by atoms with Crippen LogP contribution < -0.4 is 5.73 Å². The molecule has 4 heteroatoms. The molecule has 0 fully saturated rings. The van der Waals surface area contributed by atoms with Crippen LogP contribution in [-0.4, -0.2) is 11.6 Å². The zero-order valence-corrected chi connectivity index (χ0v) is 10.5. The van der Waals surface area contributed by atoms with Gasteiger partial charge in [0, 0.05) is 29.6 Å². The second kappa shape index (κ2) is 6.49. The van der Waals surface area contributed by atoms with Crippen LogP contribution in [0.3, 0.4) is 0 Å². The Bertz CT molecular complexity index is 442. The Morgan fingerprint density at radius 1 is 1.29 bits per heavy atom. The molecule has 0 aliphatic rings. The normalized spacial score (nSPS) is 10.6. The summed E-state index contributed by atoms with van der Waals surface area (Å²) in [5, 5.41) is 2.09. The maximum absolute atomic E-state index is 5.65. The molecule has 2 heterocycles. The SMILES string of the molecule is NCc1ncccc1COCCc1cccs1. The Morgan fingerprint density at radius 3 is 3.00 bits per heavy atom. The van der Waals surface area contributed by atoms with E-state index < -0.39 is 0 Å². The molecule has 0 unspecified atom stereocenters. The van der Waals surface area contributed by atoms with Crippen molar-refractivity contribution in [2.24, 2.45) is 5.73 Å². The minimum absolute atomic E-state index is 0.463. The first-order chi connectivity index (χ1) is 8.40. The van der Waals surface area contributed by atoms with Crippen molar-refractivity contribution in [2.45, 2.75) is 19.6 Å². The molecule has 0 bridgehead atoms. The van der Waals surface area contributed by atoms with Crippen LogP contribution in [0.4, 0.5) is 0 Å². The molecule has 0 saturated heterocycles. The summed E-state index contributed by atoms with van der Waals surface area (Å²) >= 11 is 1.76. The summed E-state index contributed by atoms with van der Waals surface area (Å²) in [6.07, 6.45) is 2.73. The topological polar surface area (TPSA) is 48.1 Å². The van der Waals surface area contributed by atoms with Gasteiger partial charge in [0.1, 0.15) is 0 Å². The predicted octanol–water partition coefficient (Wildman–Crippen LogP) is 2.36. The highest BCUT2D eigenvalue weighted by Crippen LogP contribution is 2.10. The molecule has 0 spiro atoms. The zero-order chi connectivity index (χ0) is 11.9. The smallest absolute Gasteiger partial charge is 0.0735 e. The highest BCUT2D eigenvalue weighted by atomic mass is 32.1. The molecule has 2 aromatic heterocycles. The lowest BCUT2D eigenvalue weighted by Gasteiger charge is -2.07. The first kappa shape index (κ1) is 12.2. The van der Waals surface area contributed by atoms with Gasteiger partial charge in [0.2, 0.25) is 0 Å². The summed E-state index contributed by atoms with van der Waals surface area (Å²) < 4.78 is 5.65. The number of aromatic nitrogens is 1. The zero-order valence-electron chi connectivity index (χ0n) is 9.63. The van der Waals surface area contributed by atoms with Gasteiger partial charge in [0.25, 0.3) is 0 Å². The number of pyridine rings is 1. The van der Waals surface area contributed by atoms with Gasteiger partial charge in [-0.15, -0.1) is 11.3 Å². The third-order valence-corrected chi connectivity index (χ3v) is 3.44. The number of ether oxygens (including phenoxy) is 1. The van der Waals surface area contributed by atoms with Crippen molar-refractivity contribution in [1.29, 1.82) is 0 Å². The molecule has 17 heavy (non-hydrogen) atoms. The Morgan fingerprint density at radius 2 is 2.24 bits per heavy atom. The van der Waals surface area contributed by atoms with Gasteiger partial charge in [-0.3, -0.25) is 4.98 Å². The Balaban J connectivity index is 1.78. The molecular weight excluding hydrogens is 232 g/mol. The average Bonchev–Trinajstić information content (AvgIpc) is 2.88. The molecule has 0 aliphatic heterocycles. The molecular formula is C13H16N2OS. The quantitative estimate of drug-likeness (QED) is 0.798. The monoisotopic (exact) mass is 248 g/mol. The van der Waals surface area contributed by atoms with Crippen molar-refractivity contribution in [2.75, 3.05) is 6.61 Å².